The number of fused-ring (bicyclic) bond motifs is 1. The molecule has 6 nitrogen and oxygen atoms in total. The van der Waals surface area contributed by atoms with E-state index in [1.54, 1.807) is 0 Å². The molecule has 1 aromatic rings. The summed E-state index contributed by atoms with van der Waals surface area (Å²) < 4.78 is 5.53. The molecule has 3 aliphatic heterocycles. The first-order chi connectivity index (χ1) is 14.4. The molecule has 1 aliphatic carbocycles. The third kappa shape index (κ3) is 2.92. The van der Waals surface area contributed by atoms with Gasteiger partial charge in [0.15, 0.2) is 11.9 Å². The summed E-state index contributed by atoms with van der Waals surface area (Å²) in [6.07, 6.45) is 3.93. The van der Waals surface area contributed by atoms with Gasteiger partial charge in [0.25, 0.3) is 0 Å². The van der Waals surface area contributed by atoms with Gasteiger partial charge in [-0.2, -0.15) is 10.2 Å². The Morgan fingerprint density at radius 2 is 2.03 bits per heavy atom. The summed E-state index contributed by atoms with van der Waals surface area (Å²) in [6.45, 7) is 9.81. The van der Waals surface area contributed by atoms with Gasteiger partial charge >= 0.3 is 0 Å². The molecule has 6 heteroatoms. The Kier molecular flexibility index (Phi) is 4.58. The third-order valence-corrected chi connectivity index (χ3v) is 7.02. The average molecular weight is 407 g/mol. The van der Waals surface area contributed by atoms with Crippen molar-refractivity contribution >= 4 is 11.5 Å². The Morgan fingerprint density at radius 3 is 2.80 bits per heavy atom. The molecule has 0 saturated carbocycles. The molecule has 2 atom stereocenters. The Labute approximate surface area is 178 Å². The van der Waals surface area contributed by atoms with E-state index in [2.05, 4.69) is 65.5 Å². The number of carbonyl (C=O) groups is 1. The monoisotopic (exact) mass is 406 g/mol. The van der Waals surface area contributed by atoms with Gasteiger partial charge in [0.05, 0.1) is 24.8 Å². The molecule has 1 aromatic carbocycles. The van der Waals surface area contributed by atoms with E-state index in [4.69, 9.17) is 4.74 Å². The number of azo groups is 1. The van der Waals surface area contributed by atoms with E-state index >= 15 is 0 Å². The van der Waals surface area contributed by atoms with Crippen molar-refractivity contribution in [1.82, 2.24) is 5.32 Å². The van der Waals surface area contributed by atoms with Crippen LogP contribution in [0.25, 0.3) is 0 Å². The summed E-state index contributed by atoms with van der Waals surface area (Å²) in [5.41, 5.74) is 4.91. The Morgan fingerprint density at radius 1 is 1.23 bits per heavy atom. The molecule has 3 heterocycles. The molecule has 1 fully saturated rings. The van der Waals surface area contributed by atoms with Crippen LogP contribution in [0.5, 0.6) is 0 Å². The third-order valence-electron chi connectivity index (χ3n) is 7.02. The quantitative estimate of drug-likeness (QED) is 0.821. The second kappa shape index (κ2) is 7.05. The molecule has 0 bridgehead atoms. The van der Waals surface area contributed by atoms with Crippen LogP contribution in [0, 0.1) is 5.41 Å². The summed E-state index contributed by atoms with van der Waals surface area (Å²) in [5.74, 6) is 0.249. The summed E-state index contributed by atoms with van der Waals surface area (Å²) in [4.78, 5) is 15.9. The van der Waals surface area contributed by atoms with E-state index < -0.39 is 5.41 Å². The summed E-state index contributed by atoms with van der Waals surface area (Å²) >= 11 is 0. The predicted octanol–water partition coefficient (Wildman–Crippen LogP) is 4.09. The van der Waals surface area contributed by atoms with Crippen LogP contribution in [0.15, 0.2) is 57.5 Å². The van der Waals surface area contributed by atoms with Crippen LogP contribution in [0.1, 0.15) is 45.6 Å². The number of morpholine rings is 1. The molecule has 0 radical (unpaired) electrons. The second-order valence-electron chi connectivity index (χ2n) is 9.57. The molecule has 0 amide bonds. The highest BCUT2D eigenvalue weighted by atomic mass is 16.5. The topological polar surface area (TPSA) is 66.3 Å². The predicted molar refractivity (Wildman–Crippen MR) is 116 cm³/mol. The summed E-state index contributed by atoms with van der Waals surface area (Å²) in [5, 5.41) is 12.3. The lowest BCUT2D eigenvalue weighted by molar-refractivity contribution is -0.119. The Hall–Kier alpha value is -2.47. The van der Waals surface area contributed by atoms with E-state index in [1.165, 1.54) is 11.3 Å². The molecule has 2 unspecified atom stereocenters. The normalized spacial score (nSPS) is 30.0. The first-order valence-electron chi connectivity index (χ1n) is 11.0. The van der Waals surface area contributed by atoms with Crippen LogP contribution in [-0.2, 0) is 14.9 Å². The second-order valence-corrected chi connectivity index (χ2v) is 9.57. The first kappa shape index (κ1) is 19.5. The lowest BCUT2D eigenvalue weighted by atomic mass is 9.59. The molecule has 0 aromatic heterocycles. The Bertz CT molecular complexity index is 971. The highest BCUT2D eigenvalue weighted by Gasteiger charge is 2.53. The fraction of sp³-hybridized carbons (Fsp3) is 0.542. The molecule has 4 aliphatic rings. The van der Waals surface area contributed by atoms with Crippen molar-refractivity contribution in [3.05, 3.63) is 52.9 Å². The molecule has 1 saturated heterocycles. The lowest BCUT2D eigenvalue weighted by Gasteiger charge is -2.48. The maximum absolute atomic E-state index is 13.6. The molecule has 1 N–H and O–H groups in total. The molecule has 0 spiro atoms. The van der Waals surface area contributed by atoms with Crippen LogP contribution < -0.4 is 10.2 Å². The number of nitrogens with one attached hydrogen (secondary N) is 1. The molecule has 30 heavy (non-hydrogen) atoms. The number of ether oxygens (including phenoxy) is 1. The van der Waals surface area contributed by atoms with Crippen LogP contribution >= 0.6 is 0 Å². The zero-order valence-electron chi connectivity index (χ0n) is 18.1. The van der Waals surface area contributed by atoms with Gasteiger partial charge in [-0.15, -0.1) is 0 Å². The van der Waals surface area contributed by atoms with Gasteiger partial charge in [0, 0.05) is 42.0 Å². The van der Waals surface area contributed by atoms with Crippen molar-refractivity contribution in [1.29, 1.82) is 0 Å². The number of ketones is 1. The average Bonchev–Trinajstić information content (AvgIpc) is 3.21. The molecule has 158 valence electrons. The summed E-state index contributed by atoms with van der Waals surface area (Å²) in [6, 6.07) is 8.73. The maximum Gasteiger partial charge on any atom is 0.164 e. The van der Waals surface area contributed by atoms with Gasteiger partial charge < -0.3 is 15.0 Å². The minimum atomic E-state index is -0.482. The molecule has 5 rings (SSSR count). The zero-order chi connectivity index (χ0) is 20.9. The lowest BCUT2D eigenvalue weighted by Crippen LogP contribution is -2.51. The van der Waals surface area contributed by atoms with Crippen LogP contribution in [0.4, 0.5) is 5.69 Å². The maximum atomic E-state index is 13.6. The first-order valence-corrected chi connectivity index (χ1v) is 11.0. The highest BCUT2D eigenvalue weighted by Crippen LogP contribution is 2.53. The smallest absolute Gasteiger partial charge is 0.164 e. The van der Waals surface area contributed by atoms with E-state index in [9.17, 15) is 4.79 Å². The number of rotatable bonds is 3. The number of Topliss-reactive ketones (excluding diaryl/α,β-unsaturated/α-hetero) is 1. The van der Waals surface area contributed by atoms with E-state index in [0.717, 1.165) is 56.0 Å². The van der Waals surface area contributed by atoms with Gasteiger partial charge in [0.2, 0.25) is 0 Å². The highest BCUT2D eigenvalue weighted by molar-refractivity contribution is 6.01. The van der Waals surface area contributed by atoms with E-state index in [0.29, 0.717) is 6.42 Å². The molecular formula is C24H30N4O2. The van der Waals surface area contributed by atoms with Gasteiger partial charge in [-0.25, -0.2) is 0 Å². The number of carbonyl (C=O) groups excluding carboxylic acids is 1. The van der Waals surface area contributed by atoms with Gasteiger partial charge in [-0.05, 0) is 36.0 Å². The largest absolute Gasteiger partial charge is 0.378 e. The Balaban J connectivity index is 1.68. The SMILES string of the molecule is CCC1(c2cccc(N3CCOCC3)c2)C2=CN=NC2NC2=C1C(=O)CC(C)(C)C2. The van der Waals surface area contributed by atoms with Crippen molar-refractivity contribution in [2.24, 2.45) is 15.6 Å². The van der Waals surface area contributed by atoms with Crippen LogP contribution in [0.3, 0.4) is 0 Å². The standard InChI is InChI=1S/C24H30N4O2/c1-4-24(16-6-5-7-17(12-16)28-8-10-30-11-9-28)18-15-25-27-22(18)26-19-13-23(2,3)14-20(29)21(19)24/h5-7,12,15,22,26H,4,8-11,13-14H2,1-3H3. The fourth-order valence-electron chi connectivity index (χ4n) is 5.68. The summed E-state index contributed by atoms with van der Waals surface area (Å²) in [7, 11) is 0. The minimum Gasteiger partial charge on any atom is -0.378 e. The van der Waals surface area contributed by atoms with Gasteiger partial charge in [0.1, 0.15) is 0 Å². The van der Waals surface area contributed by atoms with Gasteiger partial charge in [-0.3, -0.25) is 4.79 Å². The molecular weight excluding hydrogens is 376 g/mol. The van der Waals surface area contributed by atoms with E-state index in [1.807, 2.05) is 6.20 Å². The van der Waals surface area contributed by atoms with Gasteiger partial charge in [-0.1, -0.05) is 32.9 Å². The number of allylic oxidation sites excluding steroid dienone is 2. The van der Waals surface area contributed by atoms with Crippen LogP contribution in [-0.4, -0.2) is 38.3 Å². The number of benzene rings is 1. The minimum absolute atomic E-state index is 0.0466. The van der Waals surface area contributed by atoms with Crippen molar-refractivity contribution in [2.75, 3.05) is 31.2 Å². The van der Waals surface area contributed by atoms with Crippen molar-refractivity contribution < 1.29 is 9.53 Å². The van der Waals surface area contributed by atoms with E-state index in [-0.39, 0.29) is 17.4 Å². The number of anilines is 1. The fourth-order valence-corrected chi connectivity index (χ4v) is 5.68. The van der Waals surface area contributed by atoms with Crippen molar-refractivity contribution in [3.8, 4) is 0 Å². The zero-order valence-corrected chi connectivity index (χ0v) is 18.1. The van der Waals surface area contributed by atoms with Crippen LogP contribution in [0.2, 0.25) is 0 Å². The number of hydrogen-bond acceptors (Lipinski definition) is 6. The van der Waals surface area contributed by atoms with Crippen molar-refractivity contribution in [3.63, 3.8) is 0 Å². The number of nitrogens with zero attached hydrogens (tertiary/aromatic N) is 3. The van der Waals surface area contributed by atoms with Crippen molar-refractivity contribution in [2.45, 2.75) is 51.6 Å². The number of hydrogen-bond donors (Lipinski definition) is 1.